The first kappa shape index (κ1) is 11.6. The highest BCUT2D eigenvalue weighted by Crippen LogP contribution is 2.34. The zero-order valence-corrected chi connectivity index (χ0v) is 10.8. The summed E-state index contributed by atoms with van der Waals surface area (Å²) in [6.45, 7) is 3.89. The summed E-state index contributed by atoms with van der Waals surface area (Å²) in [5.41, 5.74) is 0.909. The third-order valence-electron chi connectivity index (χ3n) is 2.88. The molecule has 0 fully saturated rings. The van der Waals surface area contributed by atoms with Crippen LogP contribution < -0.4 is 9.28 Å². The number of ether oxygens (including phenoxy) is 1. The SMILES string of the molecule is CC1(C)C=C(n2cccc[n+]2=O)c2ncccc2O1. The van der Waals surface area contributed by atoms with E-state index in [4.69, 9.17) is 4.74 Å². The van der Waals surface area contributed by atoms with Crippen molar-refractivity contribution in [3.8, 4) is 5.75 Å². The van der Waals surface area contributed by atoms with Crippen LogP contribution in [-0.2, 0) is 0 Å². The fourth-order valence-corrected chi connectivity index (χ4v) is 2.13. The van der Waals surface area contributed by atoms with Gasteiger partial charge in [0, 0.05) is 12.3 Å². The van der Waals surface area contributed by atoms with E-state index in [1.54, 1.807) is 24.5 Å². The lowest BCUT2D eigenvalue weighted by Gasteiger charge is -2.29. The van der Waals surface area contributed by atoms with E-state index in [1.165, 1.54) is 10.9 Å². The van der Waals surface area contributed by atoms with Crippen molar-refractivity contribution >= 4 is 5.70 Å². The predicted molar refractivity (Wildman–Crippen MR) is 70.1 cm³/mol. The van der Waals surface area contributed by atoms with Gasteiger partial charge in [0.25, 0.3) is 6.20 Å². The minimum atomic E-state index is -0.485. The molecule has 0 bridgehead atoms. The molecule has 0 spiro atoms. The molecular weight excluding hydrogens is 242 g/mol. The van der Waals surface area contributed by atoms with Crippen molar-refractivity contribution in [1.29, 1.82) is 0 Å². The molecule has 0 N–H and O–H groups in total. The Balaban J connectivity index is 2.27. The molecule has 1 aliphatic heterocycles. The quantitative estimate of drug-likeness (QED) is 0.732. The zero-order valence-electron chi connectivity index (χ0n) is 10.8. The van der Waals surface area contributed by atoms with E-state index in [0.717, 1.165) is 10.2 Å². The topological polar surface area (TPSA) is 50.0 Å². The maximum absolute atomic E-state index is 11.9. The molecule has 3 rings (SSSR count). The Bertz CT molecular complexity index is 716. The molecule has 5 nitrogen and oxygen atoms in total. The molecule has 0 saturated heterocycles. The minimum Gasteiger partial charge on any atom is -0.481 e. The summed E-state index contributed by atoms with van der Waals surface area (Å²) in [5.74, 6) is 0.682. The Morgan fingerprint density at radius 3 is 2.95 bits per heavy atom. The second-order valence-corrected chi connectivity index (χ2v) is 4.92. The Labute approximate surface area is 110 Å². The molecule has 1 aliphatic rings. The summed E-state index contributed by atoms with van der Waals surface area (Å²) >= 11 is 0. The summed E-state index contributed by atoms with van der Waals surface area (Å²) in [5, 5.41) is 0. The summed E-state index contributed by atoms with van der Waals surface area (Å²) < 4.78 is 8.13. The van der Waals surface area contributed by atoms with E-state index in [-0.39, 0.29) is 0 Å². The van der Waals surface area contributed by atoms with Crippen LogP contribution in [0.3, 0.4) is 0 Å². The van der Waals surface area contributed by atoms with Gasteiger partial charge >= 0.3 is 0 Å². The number of pyridine rings is 1. The Hall–Kier alpha value is -2.43. The summed E-state index contributed by atoms with van der Waals surface area (Å²) in [6, 6.07) is 7.17. The molecule has 0 radical (unpaired) electrons. The number of rotatable bonds is 1. The van der Waals surface area contributed by atoms with Crippen molar-refractivity contribution in [2.24, 2.45) is 0 Å². The lowest BCUT2D eigenvalue weighted by molar-refractivity contribution is -0.584. The maximum atomic E-state index is 11.9. The molecular formula is C14H14N3O2+. The fraction of sp³-hybridized carbons (Fsp3) is 0.214. The third-order valence-corrected chi connectivity index (χ3v) is 2.88. The molecule has 0 atom stereocenters. The fourth-order valence-electron chi connectivity index (χ4n) is 2.13. The van der Waals surface area contributed by atoms with Crippen LogP contribution in [0, 0.1) is 4.91 Å². The third kappa shape index (κ3) is 2.03. The summed E-state index contributed by atoms with van der Waals surface area (Å²) in [6.07, 6.45) is 6.74. The monoisotopic (exact) mass is 256 g/mol. The maximum Gasteiger partial charge on any atom is 0.258 e. The minimum absolute atomic E-state index is 0.485. The van der Waals surface area contributed by atoms with E-state index in [9.17, 15) is 4.91 Å². The zero-order chi connectivity index (χ0) is 13.5. The van der Waals surface area contributed by atoms with E-state index in [0.29, 0.717) is 11.4 Å². The molecule has 0 aromatic carbocycles. The average molecular weight is 256 g/mol. The average Bonchev–Trinajstić information content (AvgIpc) is 2.37. The highest BCUT2D eigenvalue weighted by atomic mass is 16.5. The number of fused-ring (bicyclic) bond motifs is 1. The first-order valence-electron chi connectivity index (χ1n) is 6.05. The van der Waals surface area contributed by atoms with Crippen molar-refractivity contribution in [3.63, 3.8) is 0 Å². The number of nitrogens with zero attached hydrogens (tertiary/aromatic N) is 3. The second kappa shape index (κ2) is 4.05. The normalized spacial score (nSPS) is 16.2. The van der Waals surface area contributed by atoms with Gasteiger partial charge in [0.1, 0.15) is 22.7 Å². The van der Waals surface area contributed by atoms with Gasteiger partial charge in [-0.05, 0) is 38.1 Å². The summed E-state index contributed by atoms with van der Waals surface area (Å²) in [7, 11) is 0. The van der Waals surface area contributed by atoms with Crippen LogP contribution in [0.25, 0.3) is 5.70 Å². The van der Waals surface area contributed by atoms with Gasteiger partial charge in [0.2, 0.25) is 0 Å². The first-order chi connectivity index (χ1) is 9.07. The van der Waals surface area contributed by atoms with Crippen LogP contribution in [0.15, 0.2) is 48.9 Å². The van der Waals surface area contributed by atoms with Crippen LogP contribution >= 0.6 is 0 Å². The van der Waals surface area contributed by atoms with Gasteiger partial charge < -0.3 is 4.74 Å². The highest BCUT2D eigenvalue weighted by molar-refractivity contribution is 5.69. The van der Waals surface area contributed by atoms with Crippen molar-refractivity contribution in [2.45, 2.75) is 19.4 Å². The van der Waals surface area contributed by atoms with Crippen molar-refractivity contribution in [1.82, 2.24) is 9.67 Å². The Morgan fingerprint density at radius 1 is 1.32 bits per heavy atom. The Kier molecular flexibility index (Phi) is 2.48. The molecule has 0 amide bonds. The highest BCUT2D eigenvalue weighted by Gasteiger charge is 2.30. The second-order valence-electron chi connectivity index (χ2n) is 4.92. The van der Waals surface area contributed by atoms with Crippen LogP contribution in [0.2, 0.25) is 0 Å². The van der Waals surface area contributed by atoms with E-state index in [1.807, 2.05) is 32.1 Å². The molecule has 2 aromatic rings. The molecule has 3 heterocycles. The molecule has 0 unspecified atom stereocenters. The van der Waals surface area contributed by atoms with Crippen LogP contribution in [0.4, 0.5) is 0 Å². The van der Waals surface area contributed by atoms with Crippen molar-refractivity contribution < 1.29 is 9.28 Å². The standard InChI is InChI=1S/C14H14N3O2/c1-14(2)10-11(16-8-3-4-9-17(16)18)13-12(19-14)6-5-7-15-13/h3-10H,1-2H3/q+1. The molecule has 0 aliphatic carbocycles. The predicted octanol–water partition coefficient (Wildman–Crippen LogP) is 1.86. The van der Waals surface area contributed by atoms with Gasteiger partial charge in [-0.15, -0.1) is 0 Å². The number of hydrogen-bond acceptors (Lipinski definition) is 3. The van der Waals surface area contributed by atoms with Crippen LogP contribution in [0.1, 0.15) is 19.5 Å². The van der Waals surface area contributed by atoms with Gasteiger partial charge in [-0.25, -0.2) is 0 Å². The van der Waals surface area contributed by atoms with Crippen LogP contribution in [-0.4, -0.2) is 15.3 Å². The van der Waals surface area contributed by atoms with Gasteiger partial charge in [-0.1, -0.05) is 4.68 Å². The van der Waals surface area contributed by atoms with Gasteiger partial charge in [0.05, 0.1) is 11.1 Å². The van der Waals surface area contributed by atoms with E-state index < -0.39 is 5.60 Å². The number of aromatic nitrogens is 3. The Morgan fingerprint density at radius 2 is 2.16 bits per heavy atom. The molecule has 2 aromatic heterocycles. The van der Waals surface area contributed by atoms with Crippen LogP contribution in [0.5, 0.6) is 5.75 Å². The van der Waals surface area contributed by atoms with E-state index >= 15 is 0 Å². The molecule has 5 heteroatoms. The largest absolute Gasteiger partial charge is 0.481 e. The van der Waals surface area contributed by atoms with Crippen molar-refractivity contribution in [2.75, 3.05) is 0 Å². The molecule has 19 heavy (non-hydrogen) atoms. The molecule has 0 saturated carbocycles. The lowest BCUT2D eigenvalue weighted by Crippen LogP contribution is -2.35. The molecule has 96 valence electrons. The number of hydrogen-bond donors (Lipinski definition) is 0. The smallest absolute Gasteiger partial charge is 0.258 e. The van der Waals surface area contributed by atoms with Crippen molar-refractivity contribution in [3.05, 3.63) is 59.5 Å². The lowest BCUT2D eigenvalue weighted by atomic mass is 10.0. The van der Waals surface area contributed by atoms with E-state index in [2.05, 4.69) is 4.98 Å². The van der Waals surface area contributed by atoms with Gasteiger partial charge in [0.15, 0.2) is 4.54 Å². The van der Waals surface area contributed by atoms with Gasteiger partial charge in [-0.2, -0.15) is 0 Å². The summed E-state index contributed by atoms with van der Waals surface area (Å²) in [4.78, 5) is 16.2. The first-order valence-corrected chi connectivity index (χ1v) is 6.05. The van der Waals surface area contributed by atoms with Gasteiger partial charge in [-0.3, -0.25) is 4.98 Å².